The normalized spacial score (nSPS) is 10.4. The van der Waals surface area contributed by atoms with E-state index < -0.39 is 57.0 Å². The van der Waals surface area contributed by atoms with E-state index in [4.69, 9.17) is 11.6 Å². The Kier molecular flexibility index (Phi) is 5.08. The van der Waals surface area contributed by atoms with Crippen LogP contribution in [0.15, 0.2) is 24.3 Å². The third-order valence-electron chi connectivity index (χ3n) is 3.04. The molecule has 0 aromatic heterocycles. The SMILES string of the molecule is Cc1c(F)c(Cl)cc(NC(=O)NC(=O)c2c(F)cccc2F)c1F. The van der Waals surface area contributed by atoms with E-state index in [0.717, 1.165) is 31.2 Å². The maximum Gasteiger partial charge on any atom is 0.326 e. The molecular formula is C15H9ClF4N2O2. The molecule has 0 radical (unpaired) electrons. The van der Waals surface area contributed by atoms with Crippen LogP contribution in [-0.2, 0) is 0 Å². The van der Waals surface area contributed by atoms with Gasteiger partial charge in [0, 0.05) is 5.56 Å². The van der Waals surface area contributed by atoms with Crippen LogP contribution in [0.4, 0.5) is 28.0 Å². The van der Waals surface area contributed by atoms with Crippen molar-refractivity contribution < 1.29 is 27.2 Å². The van der Waals surface area contributed by atoms with E-state index in [1.54, 1.807) is 5.32 Å². The molecular weight excluding hydrogens is 352 g/mol. The molecule has 2 aromatic carbocycles. The molecule has 0 fully saturated rings. The van der Waals surface area contributed by atoms with Crippen LogP contribution in [0.5, 0.6) is 0 Å². The molecule has 0 aliphatic carbocycles. The van der Waals surface area contributed by atoms with E-state index in [0.29, 0.717) is 0 Å². The second kappa shape index (κ2) is 6.88. The summed E-state index contributed by atoms with van der Waals surface area (Å²) in [5, 5.41) is 3.10. The number of carbonyl (C=O) groups excluding carboxylic acids is 2. The van der Waals surface area contributed by atoms with Crippen LogP contribution in [-0.4, -0.2) is 11.9 Å². The summed E-state index contributed by atoms with van der Waals surface area (Å²) in [7, 11) is 0. The second-order valence-electron chi connectivity index (χ2n) is 4.66. The number of carbonyl (C=O) groups is 2. The molecule has 0 saturated carbocycles. The van der Waals surface area contributed by atoms with Gasteiger partial charge < -0.3 is 5.32 Å². The number of imide groups is 1. The molecule has 0 saturated heterocycles. The largest absolute Gasteiger partial charge is 0.326 e. The number of amides is 3. The van der Waals surface area contributed by atoms with Gasteiger partial charge in [-0.25, -0.2) is 22.4 Å². The predicted molar refractivity (Wildman–Crippen MR) is 78.9 cm³/mol. The van der Waals surface area contributed by atoms with Crippen LogP contribution < -0.4 is 10.6 Å². The minimum absolute atomic E-state index is 0.440. The van der Waals surface area contributed by atoms with Crippen molar-refractivity contribution in [1.29, 1.82) is 0 Å². The standard InChI is InChI=1S/C15H9ClF4N2O2/c1-6-12(19)7(16)5-10(13(6)20)21-15(24)22-14(23)11-8(17)3-2-4-9(11)18/h2-5H,1H3,(H2,21,22,23,24). The number of urea groups is 1. The molecule has 3 amide bonds. The molecule has 126 valence electrons. The van der Waals surface area contributed by atoms with Crippen molar-refractivity contribution in [2.75, 3.05) is 5.32 Å². The summed E-state index contributed by atoms with van der Waals surface area (Å²) < 4.78 is 54.1. The van der Waals surface area contributed by atoms with Crippen LogP contribution in [0.2, 0.25) is 5.02 Å². The molecule has 4 nitrogen and oxygen atoms in total. The zero-order valence-corrected chi connectivity index (χ0v) is 12.8. The molecule has 2 N–H and O–H groups in total. The Morgan fingerprint density at radius 2 is 1.62 bits per heavy atom. The van der Waals surface area contributed by atoms with Crippen molar-refractivity contribution in [3.8, 4) is 0 Å². The van der Waals surface area contributed by atoms with Crippen molar-refractivity contribution in [3.63, 3.8) is 0 Å². The molecule has 0 spiro atoms. The first-order valence-electron chi connectivity index (χ1n) is 6.42. The quantitative estimate of drug-likeness (QED) is 0.624. The van der Waals surface area contributed by atoms with E-state index in [9.17, 15) is 27.2 Å². The average molecular weight is 361 g/mol. The van der Waals surface area contributed by atoms with Crippen molar-refractivity contribution in [1.82, 2.24) is 5.32 Å². The van der Waals surface area contributed by atoms with E-state index in [-0.39, 0.29) is 0 Å². The van der Waals surface area contributed by atoms with Crippen LogP contribution in [0.1, 0.15) is 15.9 Å². The van der Waals surface area contributed by atoms with E-state index in [1.807, 2.05) is 5.32 Å². The fourth-order valence-electron chi connectivity index (χ4n) is 1.86. The molecule has 2 aromatic rings. The first kappa shape index (κ1) is 17.7. The molecule has 0 bridgehead atoms. The Labute approximate surface area is 138 Å². The van der Waals surface area contributed by atoms with Gasteiger partial charge in [-0.1, -0.05) is 17.7 Å². The number of hydrogen-bond donors (Lipinski definition) is 2. The van der Waals surface area contributed by atoms with Gasteiger partial charge in [-0.2, -0.15) is 0 Å². The van der Waals surface area contributed by atoms with Gasteiger partial charge in [0.1, 0.15) is 23.0 Å². The van der Waals surface area contributed by atoms with E-state index in [2.05, 4.69) is 0 Å². The number of anilines is 1. The maximum absolute atomic E-state index is 13.8. The summed E-state index contributed by atoms with van der Waals surface area (Å²) >= 11 is 5.54. The van der Waals surface area contributed by atoms with Crippen LogP contribution in [0, 0.1) is 30.2 Å². The molecule has 24 heavy (non-hydrogen) atoms. The third-order valence-corrected chi connectivity index (χ3v) is 3.32. The third kappa shape index (κ3) is 3.48. The second-order valence-corrected chi connectivity index (χ2v) is 5.07. The number of halogens is 5. The smallest absolute Gasteiger partial charge is 0.305 e. The van der Waals surface area contributed by atoms with Crippen LogP contribution in [0.25, 0.3) is 0 Å². The predicted octanol–water partition coefficient (Wildman–Crippen LogP) is 4.17. The Bertz CT molecular complexity index is 822. The highest BCUT2D eigenvalue weighted by atomic mass is 35.5. The molecule has 2 rings (SSSR count). The Morgan fingerprint density at radius 3 is 2.21 bits per heavy atom. The first-order chi connectivity index (χ1) is 11.2. The molecule has 0 heterocycles. The monoisotopic (exact) mass is 360 g/mol. The van der Waals surface area contributed by atoms with Gasteiger partial charge in [-0.15, -0.1) is 0 Å². The summed E-state index contributed by atoms with van der Waals surface area (Å²) in [6.07, 6.45) is 0. The minimum atomic E-state index is -1.37. The molecule has 0 unspecified atom stereocenters. The summed E-state index contributed by atoms with van der Waals surface area (Å²) in [5.74, 6) is -5.81. The van der Waals surface area contributed by atoms with Crippen LogP contribution >= 0.6 is 11.6 Å². The Balaban J connectivity index is 2.19. The van der Waals surface area contributed by atoms with Gasteiger partial charge in [0.15, 0.2) is 5.82 Å². The lowest BCUT2D eigenvalue weighted by Crippen LogP contribution is -2.35. The number of rotatable bonds is 2. The maximum atomic E-state index is 13.8. The number of benzene rings is 2. The van der Waals surface area contributed by atoms with Gasteiger partial charge >= 0.3 is 6.03 Å². The summed E-state index contributed by atoms with van der Waals surface area (Å²) in [5.41, 5.74) is -1.91. The van der Waals surface area contributed by atoms with Gasteiger partial charge in [-0.05, 0) is 25.1 Å². The zero-order chi connectivity index (χ0) is 18.0. The number of hydrogen-bond acceptors (Lipinski definition) is 2. The molecule has 0 aliphatic rings. The average Bonchev–Trinajstić information content (AvgIpc) is 2.50. The number of nitrogens with one attached hydrogen (secondary N) is 2. The van der Waals surface area contributed by atoms with Gasteiger partial charge in [0.05, 0.1) is 10.7 Å². The highest BCUT2D eigenvalue weighted by Gasteiger charge is 2.21. The Hall–Kier alpha value is -2.61. The van der Waals surface area contributed by atoms with Gasteiger partial charge in [0.2, 0.25) is 0 Å². The summed E-state index contributed by atoms with van der Waals surface area (Å²) in [4.78, 5) is 23.4. The first-order valence-corrected chi connectivity index (χ1v) is 6.80. The van der Waals surface area contributed by atoms with Crippen molar-refractivity contribution in [3.05, 3.63) is 63.7 Å². The topological polar surface area (TPSA) is 58.2 Å². The molecule has 9 heteroatoms. The lowest BCUT2D eigenvalue weighted by Gasteiger charge is -2.11. The summed E-state index contributed by atoms with van der Waals surface area (Å²) in [6.45, 7) is 1.10. The van der Waals surface area contributed by atoms with Crippen molar-refractivity contribution in [2.24, 2.45) is 0 Å². The fraction of sp³-hybridized carbons (Fsp3) is 0.0667. The highest BCUT2D eigenvalue weighted by Crippen LogP contribution is 2.27. The van der Waals surface area contributed by atoms with E-state index in [1.165, 1.54) is 0 Å². The highest BCUT2D eigenvalue weighted by molar-refractivity contribution is 6.31. The Morgan fingerprint density at radius 1 is 1.04 bits per heavy atom. The minimum Gasteiger partial charge on any atom is -0.305 e. The van der Waals surface area contributed by atoms with Crippen molar-refractivity contribution >= 4 is 29.2 Å². The molecule has 0 aliphatic heterocycles. The van der Waals surface area contributed by atoms with E-state index >= 15 is 0 Å². The summed E-state index contributed by atoms with van der Waals surface area (Å²) in [6, 6.07) is 2.23. The molecule has 0 atom stereocenters. The van der Waals surface area contributed by atoms with Crippen LogP contribution in [0.3, 0.4) is 0 Å². The van der Waals surface area contributed by atoms with Gasteiger partial charge in [-0.3, -0.25) is 10.1 Å². The van der Waals surface area contributed by atoms with Crippen molar-refractivity contribution in [2.45, 2.75) is 6.92 Å². The van der Waals surface area contributed by atoms with Gasteiger partial charge in [0.25, 0.3) is 5.91 Å². The lowest BCUT2D eigenvalue weighted by atomic mass is 10.2. The fourth-order valence-corrected chi connectivity index (χ4v) is 2.11. The zero-order valence-electron chi connectivity index (χ0n) is 12.0. The lowest BCUT2D eigenvalue weighted by molar-refractivity contribution is 0.0959.